The number of halogens is 1. The molecule has 1 heterocycles. The van der Waals surface area contributed by atoms with Crippen molar-refractivity contribution in [2.45, 2.75) is 33.4 Å². The maximum Gasteiger partial charge on any atom is 0.255 e. The SMILES string of the molecule is CCOCc1ccc(CNC(=O)c2cnn(-c3ccc(F)cc3)c2CC)cc1. The van der Waals surface area contributed by atoms with Gasteiger partial charge in [0.1, 0.15) is 5.82 Å². The third kappa shape index (κ3) is 4.64. The fraction of sp³-hybridized carbons (Fsp3) is 0.273. The number of rotatable bonds is 8. The fourth-order valence-electron chi connectivity index (χ4n) is 2.96. The van der Waals surface area contributed by atoms with Crippen LogP contribution in [-0.2, 0) is 24.3 Å². The average Bonchev–Trinajstić information content (AvgIpc) is 3.16. The molecule has 3 rings (SSSR count). The zero-order valence-electron chi connectivity index (χ0n) is 16.1. The van der Waals surface area contributed by atoms with Gasteiger partial charge in [-0.15, -0.1) is 0 Å². The summed E-state index contributed by atoms with van der Waals surface area (Å²) in [5.74, 6) is -0.484. The molecule has 0 bridgehead atoms. The van der Waals surface area contributed by atoms with E-state index < -0.39 is 0 Å². The maximum atomic E-state index is 13.2. The van der Waals surface area contributed by atoms with Crippen LogP contribution < -0.4 is 5.32 Å². The number of amides is 1. The summed E-state index contributed by atoms with van der Waals surface area (Å²) in [6.45, 7) is 5.63. The minimum Gasteiger partial charge on any atom is -0.377 e. The van der Waals surface area contributed by atoms with E-state index in [4.69, 9.17) is 4.74 Å². The smallest absolute Gasteiger partial charge is 0.255 e. The Labute approximate surface area is 164 Å². The fourth-order valence-corrected chi connectivity index (χ4v) is 2.96. The number of nitrogens with zero attached hydrogens (tertiary/aromatic N) is 2. The number of nitrogens with one attached hydrogen (secondary N) is 1. The summed E-state index contributed by atoms with van der Waals surface area (Å²) in [5, 5.41) is 7.27. The zero-order chi connectivity index (χ0) is 19.9. The van der Waals surface area contributed by atoms with Crippen LogP contribution in [0.15, 0.2) is 54.7 Å². The lowest BCUT2D eigenvalue weighted by Crippen LogP contribution is -2.23. The van der Waals surface area contributed by atoms with E-state index in [1.54, 1.807) is 23.0 Å². The van der Waals surface area contributed by atoms with Crippen LogP contribution in [-0.4, -0.2) is 22.3 Å². The summed E-state index contributed by atoms with van der Waals surface area (Å²) in [5.41, 5.74) is 4.15. The number of carbonyl (C=O) groups is 1. The molecule has 1 aromatic heterocycles. The van der Waals surface area contributed by atoms with Crippen LogP contribution >= 0.6 is 0 Å². The van der Waals surface area contributed by atoms with Gasteiger partial charge in [0.15, 0.2) is 0 Å². The molecule has 0 aliphatic heterocycles. The van der Waals surface area contributed by atoms with E-state index in [0.717, 1.165) is 22.5 Å². The van der Waals surface area contributed by atoms with Crippen LogP contribution in [0.4, 0.5) is 4.39 Å². The first-order valence-electron chi connectivity index (χ1n) is 9.39. The van der Waals surface area contributed by atoms with Crippen molar-refractivity contribution < 1.29 is 13.9 Å². The van der Waals surface area contributed by atoms with Crippen molar-refractivity contribution >= 4 is 5.91 Å². The number of aromatic nitrogens is 2. The lowest BCUT2D eigenvalue weighted by Gasteiger charge is -2.09. The maximum absolute atomic E-state index is 13.2. The molecule has 0 spiro atoms. The van der Waals surface area contributed by atoms with Gasteiger partial charge in [0.25, 0.3) is 5.91 Å². The Kier molecular flexibility index (Phi) is 6.55. The largest absolute Gasteiger partial charge is 0.377 e. The molecule has 5 nitrogen and oxygen atoms in total. The second kappa shape index (κ2) is 9.28. The van der Waals surface area contributed by atoms with E-state index in [9.17, 15) is 9.18 Å². The first-order valence-corrected chi connectivity index (χ1v) is 9.39. The lowest BCUT2D eigenvalue weighted by molar-refractivity contribution is 0.0950. The van der Waals surface area contributed by atoms with Gasteiger partial charge >= 0.3 is 0 Å². The van der Waals surface area contributed by atoms with Crippen LogP contribution in [0.5, 0.6) is 0 Å². The second-order valence-corrected chi connectivity index (χ2v) is 6.38. The van der Waals surface area contributed by atoms with Crippen LogP contribution in [0.1, 0.15) is 41.0 Å². The third-order valence-corrected chi connectivity index (χ3v) is 4.47. The first kappa shape index (κ1) is 19.8. The van der Waals surface area contributed by atoms with Crippen molar-refractivity contribution in [3.8, 4) is 5.69 Å². The van der Waals surface area contributed by atoms with E-state index in [2.05, 4.69) is 10.4 Å². The number of hydrogen-bond acceptors (Lipinski definition) is 3. The predicted molar refractivity (Wildman–Crippen MR) is 106 cm³/mol. The van der Waals surface area contributed by atoms with Crippen molar-refractivity contribution in [2.24, 2.45) is 0 Å². The molecular formula is C22H24FN3O2. The molecule has 1 amide bonds. The lowest BCUT2D eigenvalue weighted by atomic mass is 10.1. The quantitative estimate of drug-likeness (QED) is 0.641. The highest BCUT2D eigenvalue weighted by atomic mass is 19.1. The van der Waals surface area contributed by atoms with Gasteiger partial charge < -0.3 is 10.1 Å². The molecule has 0 aliphatic rings. The third-order valence-electron chi connectivity index (χ3n) is 4.47. The van der Waals surface area contributed by atoms with Crippen LogP contribution in [0, 0.1) is 5.82 Å². The zero-order valence-corrected chi connectivity index (χ0v) is 16.1. The van der Waals surface area contributed by atoms with Gasteiger partial charge in [-0.1, -0.05) is 31.2 Å². The average molecular weight is 381 g/mol. The number of ether oxygens (including phenoxy) is 1. The molecule has 2 aromatic carbocycles. The van der Waals surface area contributed by atoms with Crippen LogP contribution in [0.3, 0.4) is 0 Å². The molecule has 146 valence electrons. The standard InChI is InChI=1S/C22H24FN3O2/c1-3-21-20(14-25-26(21)19-11-9-18(23)10-12-19)22(27)24-13-16-5-7-17(8-6-16)15-28-4-2/h5-12,14H,3-4,13,15H2,1-2H3,(H,24,27). The Morgan fingerprint density at radius 1 is 1.07 bits per heavy atom. The van der Waals surface area contributed by atoms with Crippen molar-refractivity contribution in [2.75, 3.05) is 6.61 Å². The van der Waals surface area contributed by atoms with E-state index in [0.29, 0.717) is 31.7 Å². The van der Waals surface area contributed by atoms with E-state index >= 15 is 0 Å². The van der Waals surface area contributed by atoms with E-state index in [1.165, 1.54) is 12.1 Å². The predicted octanol–water partition coefficient (Wildman–Crippen LogP) is 4.04. The minimum atomic E-state index is -0.306. The van der Waals surface area contributed by atoms with Crippen molar-refractivity contribution in [3.63, 3.8) is 0 Å². The Hall–Kier alpha value is -2.99. The van der Waals surface area contributed by atoms with Gasteiger partial charge in [-0.3, -0.25) is 4.79 Å². The van der Waals surface area contributed by atoms with Crippen LogP contribution in [0.25, 0.3) is 5.69 Å². The minimum absolute atomic E-state index is 0.177. The molecule has 0 unspecified atom stereocenters. The second-order valence-electron chi connectivity index (χ2n) is 6.38. The monoisotopic (exact) mass is 381 g/mol. The summed E-state index contributed by atoms with van der Waals surface area (Å²) in [4.78, 5) is 12.7. The molecule has 0 aliphatic carbocycles. The Balaban J connectivity index is 1.68. The van der Waals surface area contributed by atoms with E-state index in [1.807, 2.05) is 38.1 Å². The van der Waals surface area contributed by atoms with Crippen LogP contribution in [0.2, 0.25) is 0 Å². The molecule has 1 N–H and O–H groups in total. The highest BCUT2D eigenvalue weighted by Crippen LogP contribution is 2.16. The Bertz CT molecular complexity index is 918. The van der Waals surface area contributed by atoms with Gasteiger partial charge in [0.05, 0.1) is 29.7 Å². The van der Waals surface area contributed by atoms with Gasteiger partial charge in [0, 0.05) is 13.2 Å². The van der Waals surface area contributed by atoms with Gasteiger partial charge in [-0.05, 0) is 48.7 Å². The van der Waals surface area contributed by atoms with E-state index in [-0.39, 0.29) is 11.7 Å². The summed E-state index contributed by atoms with van der Waals surface area (Å²) in [6.07, 6.45) is 2.19. The Morgan fingerprint density at radius 3 is 2.39 bits per heavy atom. The molecule has 6 heteroatoms. The highest BCUT2D eigenvalue weighted by Gasteiger charge is 2.17. The van der Waals surface area contributed by atoms with Crippen molar-refractivity contribution in [1.29, 1.82) is 0 Å². The summed E-state index contributed by atoms with van der Waals surface area (Å²) in [6, 6.07) is 14.0. The van der Waals surface area contributed by atoms with Crippen molar-refractivity contribution in [1.82, 2.24) is 15.1 Å². The molecule has 0 saturated carbocycles. The number of hydrogen-bond donors (Lipinski definition) is 1. The molecule has 3 aromatic rings. The normalized spacial score (nSPS) is 10.8. The number of carbonyl (C=O) groups excluding carboxylic acids is 1. The topological polar surface area (TPSA) is 56.1 Å². The van der Waals surface area contributed by atoms with Crippen molar-refractivity contribution in [3.05, 3.63) is 82.9 Å². The summed E-state index contributed by atoms with van der Waals surface area (Å²) >= 11 is 0. The molecule has 0 radical (unpaired) electrons. The summed E-state index contributed by atoms with van der Waals surface area (Å²) in [7, 11) is 0. The van der Waals surface area contributed by atoms with Gasteiger partial charge in [-0.2, -0.15) is 5.10 Å². The molecule has 0 fully saturated rings. The molecule has 0 atom stereocenters. The number of benzene rings is 2. The van der Waals surface area contributed by atoms with Gasteiger partial charge in [0.2, 0.25) is 0 Å². The molecule has 0 saturated heterocycles. The highest BCUT2D eigenvalue weighted by molar-refractivity contribution is 5.95. The first-order chi connectivity index (χ1) is 13.6. The molecular weight excluding hydrogens is 357 g/mol. The van der Waals surface area contributed by atoms with Gasteiger partial charge in [-0.25, -0.2) is 9.07 Å². The molecule has 28 heavy (non-hydrogen) atoms. The summed E-state index contributed by atoms with van der Waals surface area (Å²) < 4.78 is 20.2. The Morgan fingerprint density at radius 2 is 1.75 bits per heavy atom.